The molecule has 5 heteroatoms. The van der Waals surface area contributed by atoms with Crippen molar-refractivity contribution in [3.05, 3.63) is 58.1 Å². The zero-order valence-corrected chi connectivity index (χ0v) is 11.9. The summed E-state index contributed by atoms with van der Waals surface area (Å²) in [6.07, 6.45) is 2.66. The second-order valence-electron chi connectivity index (χ2n) is 4.12. The summed E-state index contributed by atoms with van der Waals surface area (Å²) in [7, 11) is 1.52. The van der Waals surface area contributed by atoms with Crippen molar-refractivity contribution in [3.63, 3.8) is 0 Å². The van der Waals surface area contributed by atoms with E-state index in [0.717, 1.165) is 0 Å². The molecule has 1 N–H and O–H groups in total. The molecule has 0 spiro atoms. The fourth-order valence-corrected chi connectivity index (χ4v) is 2.41. The molecule has 0 radical (unpaired) electrons. The van der Waals surface area contributed by atoms with Gasteiger partial charge in [-0.1, -0.05) is 15.9 Å². The van der Waals surface area contributed by atoms with Crippen LogP contribution in [0.3, 0.4) is 0 Å². The third-order valence-electron chi connectivity index (χ3n) is 2.75. The second-order valence-corrected chi connectivity index (χ2v) is 5.03. The van der Waals surface area contributed by atoms with Crippen LogP contribution >= 0.6 is 15.9 Å². The minimum Gasteiger partial charge on any atom is -0.495 e. The summed E-state index contributed by atoms with van der Waals surface area (Å²) in [5, 5.41) is 10.2. The number of halogens is 2. The molecule has 0 saturated carbocycles. The van der Waals surface area contributed by atoms with E-state index in [1.807, 2.05) is 0 Å². The number of aromatic nitrogens is 1. The summed E-state index contributed by atoms with van der Waals surface area (Å²) >= 11 is 3.23. The molecule has 2 aromatic rings. The average Bonchev–Trinajstić information content (AvgIpc) is 2.37. The van der Waals surface area contributed by atoms with Gasteiger partial charge in [-0.25, -0.2) is 4.39 Å². The van der Waals surface area contributed by atoms with E-state index in [0.29, 0.717) is 27.8 Å². The van der Waals surface area contributed by atoms with E-state index in [9.17, 15) is 9.50 Å². The van der Waals surface area contributed by atoms with Gasteiger partial charge < -0.3 is 9.84 Å². The van der Waals surface area contributed by atoms with Gasteiger partial charge in [-0.05, 0) is 29.8 Å². The predicted molar refractivity (Wildman–Crippen MR) is 73.6 cm³/mol. The molecule has 1 aromatic carbocycles. The fourth-order valence-electron chi connectivity index (χ4n) is 1.90. The smallest absolute Gasteiger partial charge is 0.142 e. The molecule has 100 valence electrons. The Hall–Kier alpha value is -1.46. The number of hydrogen-bond acceptors (Lipinski definition) is 3. The molecule has 1 atom stereocenters. The van der Waals surface area contributed by atoms with Crippen LogP contribution in [0.2, 0.25) is 0 Å². The topological polar surface area (TPSA) is 42.4 Å². The van der Waals surface area contributed by atoms with Crippen LogP contribution < -0.4 is 4.74 Å². The highest BCUT2D eigenvalue weighted by atomic mass is 79.9. The lowest BCUT2D eigenvalue weighted by molar-refractivity contribution is 0.173. The normalized spacial score (nSPS) is 12.2. The molecule has 1 heterocycles. The first-order valence-corrected chi connectivity index (χ1v) is 6.50. The molecule has 0 fully saturated rings. The van der Waals surface area contributed by atoms with Crippen molar-refractivity contribution in [1.82, 2.24) is 4.98 Å². The van der Waals surface area contributed by atoms with Gasteiger partial charge in [0, 0.05) is 22.7 Å². The van der Waals surface area contributed by atoms with Gasteiger partial charge in [0.15, 0.2) is 0 Å². The summed E-state index contributed by atoms with van der Waals surface area (Å²) < 4.78 is 19.1. The number of pyridine rings is 1. The molecule has 3 nitrogen and oxygen atoms in total. The Balaban J connectivity index is 2.22. The number of aliphatic hydroxyl groups excluding tert-OH is 1. The molecule has 2 rings (SSSR count). The summed E-state index contributed by atoms with van der Waals surface area (Å²) in [6, 6.07) is 6.25. The van der Waals surface area contributed by atoms with E-state index in [-0.39, 0.29) is 5.82 Å². The number of hydrogen-bond donors (Lipinski definition) is 1. The predicted octanol–water partition coefficient (Wildman–Crippen LogP) is 3.27. The van der Waals surface area contributed by atoms with Crippen LogP contribution in [-0.4, -0.2) is 17.2 Å². The van der Waals surface area contributed by atoms with Gasteiger partial charge in [0.2, 0.25) is 0 Å². The number of ether oxygens (including phenoxy) is 1. The molecule has 0 bridgehead atoms. The Morgan fingerprint density at radius 1 is 1.42 bits per heavy atom. The highest BCUT2D eigenvalue weighted by Gasteiger charge is 2.14. The average molecular weight is 326 g/mol. The van der Waals surface area contributed by atoms with Crippen molar-refractivity contribution < 1.29 is 14.2 Å². The standard InChI is InChI=1S/C14H13BrFNO2/c1-19-14-8-17-3-2-12(14)13(18)6-9-4-10(15)7-11(16)5-9/h2-5,7-8,13,18H,6H2,1H3. The van der Waals surface area contributed by atoms with Gasteiger partial charge in [0.25, 0.3) is 0 Å². The number of benzene rings is 1. The van der Waals surface area contributed by atoms with Crippen LogP contribution in [-0.2, 0) is 6.42 Å². The number of methoxy groups -OCH3 is 1. The fraction of sp³-hybridized carbons (Fsp3) is 0.214. The maximum absolute atomic E-state index is 13.3. The minimum absolute atomic E-state index is 0.302. The van der Waals surface area contributed by atoms with Crippen molar-refractivity contribution in [2.75, 3.05) is 7.11 Å². The van der Waals surface area contributed by atoms with Crippen LogP contribution in [0.15, 0.2) is 41.1 Å². The molecule has 0 aliphatic carbocycles. The van der Waals surface area contributed by atoms with Gasteiger partial charge in [0.1, 0.15) is 11.6 Å². The van der Waals surface area contributed by atoms with Crippen molar-refractivity contribution >= 4 is 15.9 Å². The molecular weight excluding hydrogens is 313 g/mol. The first-order valence-electron chi connectivity index (χ1n) is 5.71. The number of rotatable bonds is 4. The zero-order valence-electron chi connectivity index (χ0n) is 10.3. The van der Waals surface area contributed by atoms with Gasteiger partial charge in [0.05, 0.1) is 19.4 Å². The maximum atomic E-state index is 13.3. The first-order chi connectivity index (χ1) is 9.10. The molecule has 0 amide bonds. The van der Waals surface area contributed by atoms with E-state index in [4.69, 9.17) is 4.74 Å². The third-order valence-corrected chi connectivity index (χ3v) is 3.20. The molecule has 19 heavy (non-hydrogen) atoms. The van der Waals surface area contributed by atoms with Crippen LogP contribution in [0, 0.1) is 5.82 Å². The van der Waals surface area contributed by atoms with Gasteiger partial charge in [-0.3, -0.25) is 4.98 Å². The summed E-state index contributed by atoms with van der Waals surface area (Å²) in [5.41, 5.74) is 1.34. The molecule has 0 aliphatic rings. The maximum Gasteiger partial charge on any atom is 0.142 e. The lowest BCUT2D eigenvalue weighted by atomic mass is 10.0. The van der Waals surface area contributed by atoms with E-state index in [1.54, 1.807) is 24.5 Å². The third kappa shape index (κ3) is 3.52. The van der Waals surface area contributed by atoms with E-state index >= 15 is 0 Å². The number of aliphatic hydroxyl groups is 1. The quantitative estimate of drug-likeness (QED) is 0.938. The lowest BCUT2D eigenvalue weighted by Crippen LogP contribution is -2.04. The first kappa shape index (κ1) is 14.0. The highest BCUT2D eigenvalue weighted by Crippen LogP contribution is 2.27. The van der Waals surface area contributed by atoms with E-state index in [2.05, 4.69) is 20.9 Å². The summed E-state index contributed by atoms with van der Waals surface area (Å²) in [4.78, 5) is 3.93. The Morgan fingerprint density at radius 2 is 2.21 bits per heavy atom. The van der Waals surface area contributed by atoms with Crippen molar-refractivity contribution in [3.8, 4) is 5.75 Å². The van der Waals surface area contributed by atoms with Gasteiger partial charge >= 0.3 is 0 Å². The molecular formula is C14H13BrFNO2. The largest absolute Gasteiger partial charge is 0.495 e. The van der Waals surface area contributed by atoms with Gasteiger partial charge in [-0.15, -0.1) is 0 Å². The second kappa shape index (κ2) is 6.12. The van der Waals surface area contributed by atoms with Crippen molar-refractivity contribution in [2.45, 2.75) is 12.5 Å². The SMILES string of the molecule is COc1cnccc1C(O)Cc1cc(F)cc(Br)c1. The summed E-state index contributed by atoms with van der Waals surface area (Å²) in [6.45, 7) is 0. The Bertz CT molecular complexity index is 557. The zero-order chi connectivity index (χ0) is 13.8. The van der Waals surface area contributed by atoms with Crippen molar-refractivity contribution in [1.29, 1.82) is 0 Å². The van der Waals surface area contributed by atoms with Crippen molar-refractivity contribution in [2.24, 2.45) is 0 Å². The van der Waals surface area contributed by atoms with Crippen LogP contribution in [0.1, 0.15) is 17.2 Å². The Kier molecular flexibility index (Phi) is 4.50. The van der Waals surface area contributed by atoms with E-state index < -0.39 is 6.10 Å². The number of nitrogens with zero attached hydrogens (tertiary/aromatic N) is 1. The molecule has 0 aliphatic heterocycles. The van der Waals surface area contributed by atoms with E-state index in [1.165, 1.54) is 19.2 Å². The minimum atomic E-state index is -0.772. The molecule has 1 aromatic heterocycles. The van der Waals surface area contributed by atoms with Gasteiger partial charge in [-0.2, -0.15) is 0 Å². The Morgan fingerprint density at radius 3 is 2.89 bits per heavy atom. The van der Waals surface area contributed by atoms with Crippen LogP contribution in [0.25, 0.3) is 0 Å². The Labute approximate surface area is 119 Å². The monoisotopic (exact) mass is 325 g/mol. The van der Waals surface area contributed by atoms with Crippen LogP contribution in [0.4, 0.5) is 4.39 Å². The molecule has 1 unspecified atom stereocenters. The molecule has 0 saturated heterocycles. The highest BCUT2D eigenvalue weighted by molar-refractivity contribution is 9.10. The lowest BCUT2D eigenvalue weighted by Gasteiger charge is -2.14. The summed E-state index contributed by atoms with van der Waals surface area (Å²) in [5.74, 6) is 0.184. The van der Waals surface area contributed by atoms with Crippen LogP contribution in [0.5, 0.6) is 5.75 Å².